The molecule has 0 unspecified atom stereocenters. The van der Waals surface area contributed by atoms with Gasteiger partial charge in [-0.15, -0.1) is 0 Å². The smallest absolute Gasteiger partial charge is 0.255 e. The fourth-order valence-corrected chi connectivity index (χ4v) is 6.35. The Kier molecular flexibility index (Phi) is 6.73. The van der Waals surface area contributed by atoms with E-state index in [4.69, 9.17) is 16.3 Å². The van der Waals surface area contributed by atoms with Crippen LogP contribution in [0.15, 0.2) is 23.1 Å². The lowest BCUT2D eigenvalue weighted by molar-refractivity contribution is 0.0587. The number of carbonyl (C=O) groups is 1. The van der Waals surface area contributed by atoms with Gasteiger partial charge in [0.2, 0.25) is 10.0 Å². The molecule has 1 aliphatic heterocycles. The number of ether oxygens (including phenoxy) is 1. The highest BCUT2D eigenvalue weighted by Gasteiger charge is 2.40. The van der Waals surface area contributed by atoms with Gasteiger partial charge in [0.05, 0.1) is 28.7 Å². The molecule has 1 amide bonds. The summed E-state index contributed by atoms with van der Waals surface area (Å²) in [6.07, 6.45) is 7.56. The molecule has 2 saturated carbocycles. The van der Waals surface area contributed by atoms with Gasteiger partial charge in [-0.3, -0.25) is 4.79 Å². The first-order chi connectivity index (χ1) is 14.4. The first-order valence-electron chi connectivity index (χ1n) is 11.1. The molecular weight excluding hydrogens is 424 g/mol. The largest absolute Gasteiger partial charge is 0.379 e. The van der Waals surface area contributed by atoms with E-state index >= 15 is 0 Å². The molecule has 0 aromatic heterocycles. The summed E-state index contributed by atoms with van der Waals surface area (Å²) < 4.78 is 32.8. The van der Waals surface area contributed by atoms with E-state index < -0.39 is 10.0 Å². The van der Waals surface area contributed by atoms with Crippen molar-refractivity contribution < 1.29 is 17.9 Å². The van der Waals surface area contributed by atoms with E-state index in [-0.39, 0.29) is 22.9 Å². The Balaban J connectivity index is 1.59. The van der Waals surface area contributed by atoms with Crippen LogP contribution in [0, 0.1) is 5.92 Å². The quantitative estimate of drug-likeness (QED) is 0.653. The number of halogens is 1. The van der Waals surface area contributed by atoms with Gasteiger partial charge < -0.3 is 9.64 Å². The van der Waals surface area contributed by atoms with Crippen LogP contribution in [0.1, 0.15) is 62.2 Å². The summed E-state index contributed by atoms with van der Waals surface area (Å²) in [6.45, 7) is 3.64. The highest BCUT2D eigenvalue weighted by molar-refractivity contribution is 7.89. The third-order valence-corrected chi connectivity index (χ3v) is 8.96. The van der Waals surface area contributed by atoms with Gasteiger partial charge in [-0.25, -0.2) is 8.42 Å². The molecule has 1 saturated heterocycles. The number of nitrogens with zero attached hydrogens (tertiary/aromatic N) is 2. The molecule has 1 aromatic carbocycles. The maximum atomic E-state index is 13.6. The molecule has 30 heavy (non-hydrogen) atoms. The van der Waals surface area contributed by atoms with Gasteiger partial charge in [-0.05, 0) is 62.6 Å². The lowest BCUT2D eigenvalue weighted by Gasteiger charge is -2.37. The summed E-state index contributed by atoms with van der Waals surface area (Å²) in [5.41, 5.74) is 0.301. The van der Waals surface area contributed by atoms with Gasteiger partial charge in [0.1, 0.15) is 0 Å². The van der Waals surface area contributed by atoms with Crippen LogP contribution >= 0.6 is 11.6 Å². The minimum absolute atomic E-state index is 0.124. The number of rotatable bonds is 6. The van der Waals surface area contributed by atoms with E-state index in [0.29, 0.717) is 36.9 Å². The van der Waals surface area contributed by atoms with Gasteiger partial charge >= 0.3 is 0 Å². The number of hydrogen-bond acceptors (Lipinski definition) is 4. The molecule has 1 aromatic rings. The fourth-order valence-electron chi connectivity index (χ4n) is 4.72. The van der Waals surface area contributed by atoms with Crippen molar-refractivity contribution in [1.82, 2.24) is 9.21 Å². The third-order valence-electron chi connectivity index (χ3n) is 6.74. The molecule has 4 rings (SSSR count). The van der Waals surface area contributed by atoms with Crippen molar-refractivity contribution in [2.45, 2.75) is 68.8 Å². The zero-order valence-electron chi connectivity index (χ0n) is 17.6. The topological polar surface area (TPSA) is 66.9 Å². The van der Waals surface area contributed by atoms with E-state index in [2.05, 4.69) is 6.92 Å². The second kappa shape index (κ2) is 9.15. The molecule has 0 radical (unpaired) electrons. The summed E-state index contributed by atoms with van der Waals surface area (Å²) in [5.74, 6) is 0.629. The number of morpholine rings is 1. The second-order valence-electron chi connectivity index (χ2n) is 8.68. The van der Waals surface area contributed by atoms with Crippen LogP contribution in [0.3, 0.4) is 0 Å². The predicted molar refractivity (Wildman–Crippen MR) is 116 cm³/mol. The minimum Gasteiger partial charge on any atom is -0.379 e. The molecule has 8 heteroatoms. The van der Waals surface area contributed by atoms with Crippen LogP contribution in [-0.2, 0) is 14.8 Å². The molecule has 2 aliphatic carbocycles. The number of sulfonamides is 1. The van der Waals surface area contributed by atoms with Crippen LogP contribution in [-0.4, -0.2) is 61.9 Å². The Morgan fingerprint density at radius 2 is 1.70 bits per heavy atom. The van der Waals surface area contributed by atoms with Crippen LogP contribution in [0.25, 0.3) is 0 Å². The van der Waals surface area contributed by atoms with Crippen LogP contribution < -0.4 is 0 Å². The SMILES string of the molecule is CCC1CCC(N(C(=O)c2cc(S(=O)(=O)N3CCOCC3)ccc2Cl)C2CC2)CC1. The number of carbonyl (C=O) groups excluding carboxylic acids is 1. The van der Waals surface area contributed by atoms with Crippen molar-refractivity contribution in [2.75, 3.05) is 26.3 Å². The summed E-state index contributed by atoms with van der Waals surface area (Å²) in [4.78, 5) is 15.7. The van der Waals surface area contributed by atoms with E-state index in [1.165, 1.54) is 22.9 Å². The molecule has 6 nitrogen and oxygen atoms in total. The lowest BCUT2D eigenvalue weighted by atomic mass is 9.83. The van der Waals surface area contributed by atoms with Crippen molar-refractivity contribution >= 4 is 27.5 Å². The maximum Gasteiger partial charge on any atom is 0.255 e. The number of amides is 1. The van der Waals surface area contributed by atoms with E-state index in [0.717, 1.165) is 44.4 Å². The zero-order valence-corrected chi connectivity index (χ0v) is 19.1. The first kappa shape index (κ1) is 22.1. The predicted octanol–water partition coefficient (Wildman–Crippen LogP) is 3.93. The summed E-state index contributed by atoms with van der Waals surface area (Å²) in [6, 6.07) is 5.00. The Hall–Kier alpha value is -1.15. The normalized spacial score (nSPS) is 25.8. The summed E-state index contributed by atoms with van der Waals surface area (Å²) in [5, 5.41) is 0.314. The second-order valence-corrected chi connectivity index (χ2v) is 11.0. The molecule has 3 aliphatic rings. The molecule has 0 N–H and O–H groups in total. The molecule has 0 spiro atoms. The molecule has 0 atom stereocenters. The monoisotopic (exact) mass is 454 g/mol. The zero-order chi connectivity index (χ0) is 21.3. The molecular formula is C22H31ClN2O4S. The van der Waals surface area contributed by atoms with Gasteiger partial charge in [0.25, 0.3) is 5.91 Å². The maximum absolute atomic E-state index is 13.6. The van der Waals surface area contributed by atoms with Crippen molar-refractivity contribution in [2.24, 2.45) is 5.92 Å². The van der Waals surface area contributed by atoms with Crippen LogP contribution in [0.5, 0.6) is 0 Å². The van der Waals surface area contributed by atoms with Crippen molar-refractivity contribution in [3.05, 3.63) is 28.8 Å². The fraction of sp³-hybridized carbons (Fsp3) is 0.682. The third kappa shape index (κ3) is 4.54. The Morgan fingerprint density at radius 3 is 2.27 bits per heavy atom. The van der Waals surface area contributed by atoms with E-state index in [1.807, 2.05) is 4.90 Å². The average Bonchev–Trinajstić information content (AvgIpc) is 3.60. The number of benzene rings is 1. The highest BCUT2D eigenvalue weighted by Crippen LogP contribution is 2.38. The van der Waals surface area contributed by atoms with Gasteiger partial charge in [-0.2, -0.15) is 4.31 Å². The molecule has 3 fully saturated rings. The van der Waals surface area contributed by atoms with Crippen LogP contribution in [0.2, 0.25) is 5.02 Å². The van der Waals surface area contributed by atoms with Crippen molar-refractivity contribution in [1.29, 1.82) is 0 Å². The van der Waals surface area contributed by atoms with E-state index in [9.17, 15) is 13.2 Å². The Morgan fingerprint density at radius 1 is 1.10 bits per heavy atom. The van der Waals surface area contributed by atoms with E-state index in [1.54, 1.807) is 6.07 Å². The molecule has 166 valence electrons. The Labute approximate surface area is 184 Å². The summed E-state index contributed by atoms with van der Waals surface area (Å²) >= 11 is 6.40. The van der Waals surface area contributed by atoms with Gasteiger partial charge in [-0.1, -0.05) is 24.9 Å². The first-order valence-corrected chi connectivity index (χ1v) is 12.9. The highest BCUT2D eigenvalue weighted by atomic mass is 35.5. The van der Waals surface area contributed by atoms with Crippen molar-refractivity contribution in [3.8, 4) is 0 Å². The lowest BCUT2D eigenvalue weighted by Crippen LogP contribution is -2.44. The van der Waals surface area contributed by atoms with Gasteiger partial charge in [0.15, 0.2) is 0 Å². The van der Waals surface area contributed by atoms with Crippen molar-refractivity contribution in [3.63, 3.8) is 0 Å². The number of hydrogen-bond donors (Lipinski definition) is 0. The average molecular weight is 455 g/mol. The molecule has 0 bridgehead atoms. The Bertz CT molecular complexity index is 873. The standard InChI is InChI=1S/C22H31ClN2O4S/c1-2-16-3-5-17(6-4-16)25(18-7-8-18)22(26)20-15-19(9-10-21(20)23)30(27,28)24-11-13-29-14-12-24/h9-10,15-18H,2-8,11-14H2,1H3. The van der Waals surface area contributed by atoms with Gasteiger partial charge in [0, 0.05) is 25.2 Å². The summed E-state index contributed by atoms with van der Waals surface area (Å²) in [7, 11) is -3.68. The van der Waals surface area contributed by atoms with Crippen LogP contribution in [0.4, 0.5) is 0 Å². The molecule has 1 heterocycles. The minimum atomic E-state index is -3.68.